The smallest absolute Gasteiger partial charge is 0.272 e. The molecule has 2 aromatic carbocycles. The maximum atomic E-state index is 13.0. The van der Waals surface area contributed by atoms with Crippen LogP contribution in [0.4, 0.5) is 5.69 Å². The Bertz CT molecular complexity index is 952. The fourth-order valence-corrected chi connectivity index (χ4v) is 3.45. The molecule has 3 aromatic rings. The average molecular weight is 367 g/mol. The molecular formula is C20H19ClN4O. The first-order valence-corrected chi connectivity index (χ1v) is 8.89. The van der Waals surface area contributed by atoms with Crippen molar-refractivity contribution in [2.45, 2.75) is 6.54 Å². The van der Waals surface area contributed by atoms with Gasteiger partial charge in [0.1, 0.15) is 5.69 Å². The van der Waals surface area contributed by atoms with Crippen LogP contribution < -0.4 is 4.90 Å². The lowest BCUT2D eigenvalue weighted by Gasteiger charge is -2.20. The lowest BCUT2D eigenvalue weighted by molar-refractivity contribution is 0.0746. The van der Waals surface area contributed by atoms with Crippen LogP contribution in [-0.2, 0) is 6.54 Å². The molecule has 0 spiro atoms. The number of anilines is 1. The minimum atomic E-state index is -0.0455. The van der Waals surface area contributed by atoms with E-state index in [4.69, 9.17) is 11.6 Å². The number of hydrogen-bond acceptors (Lipinski definition) is 3. The molecule has 1 N–H and O–H groups in total. The zero-order valence-electron chi connectivity index (χ0n) is 14.4. The van der Waals surface area contributed by atoms with Crippen molar-refractivity contribution in [3.8, 4) is 11.3 Å². The molecule has 0 fully saturated rings. The van der Waals surface area contributed by atoms with Crippen LogP contribution in [0.5, 0.6) is 0 Å². The van der Waals surface area contributed by atoms with Crippen molar-refractivity contribution in [3.63, 3.8) is 0 Å². The number of amides is 1. The van der Waals surface area contributed by atoms with E-state index in [1.807, 2.05) is 41.3 Å². The largest absolute Gasteiger partial charge is 0.373 e. The summed E-state index contributed by atoms with van der Waals surface area (Å²) in [6, 6.07) is 17.4. The predicted molar refractivity (Wildman–Crippen MR) is 103 cm³/mol. The predicted octanol–water partition coefficient (Wildman–Crippen LogP) is 3.82. The van der Waals surface area contributed by atoms with Gasteiger partial charge in [0.15, 0.2) is 0 Å². The fraction of sp³-hybridized carbons (Fsp3) is 0.200. The third-order valence-corrected chi connectivity index (χ3v) is 4.92. The Hall–Kier alpha value is -2.79. The van der Waals surface area contributed by atoms with Gasteiger partial charge < -0.3 is 9.80 Å². The lowest BCUT2D eigenvalue weighted by atomic mass is 10.1. The number of hydrogen-bond donors (Lipinski definition) is 1. The van der Waals surface area contributed by atoms with Gasteiger partial charge in [-0.2, -0.15) is 5.10 Å². The fourth-order valence-electron chi connectivity index (χ4n) is 3.26. The maximum absolute atomic E-state index is 13.0. The molecule has 132 valence electrons. The number of likely N-dealkylation sites (N-methyl/N-ethyl adjacent to an activating group) is 1. The van der Waals surface area contributed by atoms with Gasteiger partial charge in [0.25, 0.3) is 5.91 Å². The number of fused-ring (bicyclic) bond motifs is 1. The molecule has 1 aliphatic heterocycles. The van der Waals surface area contributed by atoms with Crippen LogP contribution in [0.1, 0.15) is 16.1 Å². The number of rotatable bonds is 2. The Morgan fingerprint density at radius 1 is 1.12 bits per heavy atom. The molecule has 0 saturated carbocycles. The molecule has 0 bridgehead atoms. The van der Waals surface area contributed by atoms with E-state index in [-0.39, 0.29) is 5.91 Å². The Kier molecular flexibility index (Phi) is 4.39. The van der Waals surface area contributed by atoms with Crippen LogP contribution in [-0.4, -0.2) is 41.1 Å². The van der Waals surface area contributed by atoms with Crippen LogP contribution in [0.3, 0.4) is 0 Å². The van der Waals surface area contributed by atoms with E-state index in [1.54, 1.807) is 6.07 Å². The van der Waals surface area contributed by atoms with Gasteiger partial charge in [-0.1, -0.05) is 41.9 Å². The summed E-state index contributed by atoms with van der Waals surface area (Å²) in [7, 11) is 2.06. The highest BCUT2D eigenvalue weighted by Gasteiger charge is 2.23. The van der Waals surface area contributed by atoms with Gasteiger partial charge in [-0.15, -0.1) is 0 Å². The lowest BCUT2D eigenvalue weighted by Crippen LogP contribution is -2.34. The second-order valence-corrected chi connectivity index (χ2v) is 6.89. The molecule has 0 unspecified atom stereocenters. The second kappa shape index (κ2) is 6.84. The molecule has 0 atom stereocenters. The number of aromatic amines is 1. The maximum Gasteiger partial charge on any atom is 0.272 e. The van der Waals surface area contributed by atoms with Crippen molar-refractivity contribution >= 4 is 23.2 Å². The summed E-state index contributed by atoms with van der Waals surface area (Å²) in [5.41, 5.74) is 4.40. The zero-order valence-corrected chi connectivity index (χ0v) is 15.2. The summed E-state index contributed by atoms with van der Waals surface area (Å²) >= 11 is 6.05. The Morgan fingerprint density at radius 3 is 2.81 bits per heavy atom. The molecule has 0 aliphatic carbocycles. The highest BCUT2D eigenvalue weighted by molar-refractivity contribution is 6.30. The quantitative estimate of drug-likeness (QED) is 0.750. The second-order valence-electron chi connectivity index (χ2n) is 6.45. The number of carbonyl (C=O) groups excluding carboxylic acids is 1. The first-order chi connectivity index (χ1) is 12.6. The van der Waals surface area contributed by atoms with E-state index < -0.39 is 0 Å². The van der Waals surface area contributed by atoms with E-state index in [2.05, 4.69) is 34.3 Å². The number of nitrogens with zero attached hydrogens (tertiary/aromatic N) is 3. The SMILES string of the molecule is CN1CCN(C(=O)c2cc(-c3cccc(Cl)c3)n[nH]2)Cc2ccccc21. The van der Waals surface area contributed by atoms with Crippen molar-refractivity contribution < 1.29 is 4.79 Å². The summed E-state index contributed by atoms with van der Waals surface area (Å²) in [5.74, 6) is -0.0455. The molecule has 26 heavy (non-hydrogen) atoms. The van der Waals surface area contributed by atoms with E-state index in [0.717, 1.165) is 17.7 Å². The van der Waals surface area contributed by atoms with Crippen molar-refractivity contribution in [2.24, 2.45) is 0 Å². The van der Waals surface area contributed by atoms with Crippen LogP contribution in [0.15, 0.2) is 54.6 Å². The minimum Gasteiger partial charge on any atom is -0.373 e. The van der Waals surface area contributed by atoms with Crippen molar-refractivity contribution in [3.05, 3.63) is 70.9 Å². The standard InChI is InChI=1S/C20H19ClN4O/c1-24-9-10-25(13-15-5-2-3-8-19(15)24)20(26)18-12-17(22-23-18)14-6-4-7-16(21)11-14/h2-8,11-12H,9-10,13H2,1H3,(H,22,23). The van der Waals surface area contributed by atoms with Gasteiger partial charge in [-0.25, -0.2) is 0 Å². The minimum absolute atomic E-state index is 0.0455. The summed E-state index contributed by atoms with van der Waals surface area (Å²) in [6.45, 7) is 2.04. The number of H-pyrrole nitrogens is 1. The van der Waals surface area contributed by atoms with E-state index in [1.165, 1.54) is 5.69 Å². The summed E-state index contributed by atoms with van der Waals surface area (Å²) in [5, 5.41) is 7.81. The molecule has 4 rings (SSSR count). The number of aromatic nitrogens is 2. The third kappa shape index (κ3) is 3.18. The third-order valence-electron chi connectivity index (χ3n) is 4.69. The topological polar surface area (TPSA) is 52.2 Å². The average Bonchev–Trinajstić information content (AvgIpc) is 3.08. The van der Waals surface area contributed by atoms with Crippen LogP contribution in [0.2, 0.25) is 5.02 Å². The molecule has 6 heteroatoms. The van der Waals surface area contributed by atoms with Crippen molar-refractivity contribution in [2.75, 3.05) is 25.0 Å². The Labute approximate surface area is 157 Å². The monoisotopic (exact) mass is 366 g/mol. The molecule has 2 heterocycles. The highest BCUT2D eigenvalue weighted by atomic mass is 35.5. The van der Waals surface area contributed by atoms with Crippen LogP contribution in [0, 0.1) is 0 Å². The van der Waals surface area contributed by atoms with Crippen molar-refractivity contribution in [1.82, 2.24) is 15.1 Å². The Morgan fingerprint density at radius 2 is 1.96 bits per heavy atom. The van der Waals surface area contributed by atoms with Gasteiger partial charge in [-0.3, -0.25) is 9.89 Å². The van der Waals surface area contributed by atoms with Crippen LogP contribution >= 0.6 is 11.6 Å². The van der Waals surface area contributed by atoms with Gasteiger partial charge in [0.2, 0.25) is 0 Å². The first-order valence-electron chi connectivity index (χ1n) is 8.51. The van der Waals surface area contributed by atoms with Gasteiger partial charge in [0, 0.05) is 43.0 Å². The highest BCUT2D eigenvalue weighted by Crippen LogP contribution is 2.25. The number of para-hydroxylation sites is 1. The van der Waals surface area contributed by atoms with Gasteiger partial charge in [-0.05, 0) is 29.8 Å². The molecule has 1 aromatic heterocycles. The molecule has 0 saturated heterocycles. The summed E-state index contributed by atoms with van der Waals surface area (Å²) < 4.78 is 0. The van der Waals surface area contributed by atoms with E-state index in [9.17, 15) is 4.79 Å². The summed E-state index contributed by atoms with van der Waals surface area (Å²) in [6.07, 6.45) is 0. The summed E-state index contributed by atoms with van der Waals surface area (Å²) in [4.78, 5) is 17.0. The zero-order chi connectivity index (χ0) is 18.1. The molecule has 5 nitrogen and oxygen atoms in total. The number of benzene rings is 2. The van der Waals surface area contributed by atoms with Crippen molar-refractivity contribution in [1.29, 1.82) is 0 Å². The van der Waals surface area contributed by atoms with E-state index >= 15 is 0 Å². The molecule has 0 radical (unpaired) electrons. The van der Waals surface area contributed by atoms with Gasteiger partial charge in [0.05, 0.1) is 5.69 Å². The number of carbonyl (C=O) groups is 1. The number of nitrogens with one attached hydrogen (secondary N) is 1. The molecule has 1 aliphatic rings. The normalized spacial score (nSPS) is 14.1. The first kappa shape index (κ1) is 16.7. The Balaban J connectivity index is 1.59. The number of halogens is 1. The molecule has 1 amide bonds. The van der Waals surface area contributed by atoms with E-state index in [0.29, 0.717) is 29.5 Å². The van der Waals surface area contributed by atoms with Gasteiger partial charge >= 0.3 is 0 Å². The molecular weight excluding hydrogens is 348 g/mol. The van der Waals surface area contributed by atoms with Crippen LogP contribution in [0.25, 0.3) is 11.3 Å².